The van der Waals surface area contributed by atoms with E-state index in [2.05, 4.69) is 35.9 Å². The van der Waals surface area contributed by atoms with Gasteiger partial charge in [0.1, 0.15) is 5.15 Å². The first-order valence-electron chi connectivity index (χ1n) is 5.67. The van der Waals surface area contributed by atoms with Crippen molar-refractivity contribution in [2.75, 3.05) is 0 Å². The van der Waals surface area contributed by atoms with E-state index in [9.17, 15) is 0 Å². The number of hydrogen-bond acceptors (Lipinski definition) is 2. The minimum Gasteiger partial charge on any atom is -0.236 e. The standard InChI is InChI=1S/C14H15ClN2/c1-9(2)11-4-6-12(7-5-11)14-16-8-10(3)13(15)17-14/h4-9H,1-3H3. The van der Waals surface area contributed by atoms with Crippen molar-refractivity contribution in [3.05, 3.63) is 46.7 Å². The van der Waals surface area contributed by atoms with E-state index in [1.807, 2.05) is 19.1 Å². The van der Waals surface area contributed by atoms with Crippen molar-refractivity contribution in [2.24, 2.45) is 0 Å². The van der Waals surface area contributed by atoms with Crippen molar-refractivity contribution in [3.8, 4) is 11.4 Å². The second kappa shape index (κ2) is 4.84. The van der Waals surface area contributed by atoms with Crippen molar-refractivity contribution < 1.29 is 0 Å². The number of benzene rings is 1. The highest BCUT2D eigenvalue weighted by Crippen LogP contribution is 2.21. The molecular formula is C14H15ClN2. The van der Waals surface area contributed by atoms with Crippen molar-refractivity contribution in [2.45, 2.75) is 26.7 Å². The lowest BCUT2D eigenvalue weighted by Gasteiger charge is -2.06. The molecule has 0 aliphatic carbocycles. The third-order valence-corrected chi connectivity index (χ3v) is 3.13. The average molecular weight is 247 g/mol. The van der Waals surface area contributed by atoms with Crippen LogP contribution in [0.1, 0.15) is 30.9 Å². The quantitative estimate of drug-likeness (QED) is 0.741. The summed E-state index contributed by atoms with van der Waals surface area (Å²) in [5, 5.41) is 0.517. The van der Waals surface area contributed by atoms with Crippen LogP contribution in [0.5, 0.6) is 0 Å². The molecule has 0 fully saturated rings. The van der Waals surface area contributed by atoms with Crippen LogP contribution in [0.4, 0.5) is 0 Å². The fourth-order valence-electron chi connectivity index (χ4n) is 1.58. The van der Waals surface area contributed by atoms with Crippen LogP contribution < -0.4 is 0 Å². The van der Waals surface area contributed by atoms with Crippen LogP contribution in [0.2, 0.25) is 5.15 Å². The van der Waals surface area contributed by atoms with Gasteiger partial charge in [0.05, 0.1) is 0 Å². The molecule has 88 valence electrons. The Morgan fingerprint density at radius 2 is 1.76 bits per heavy atom. The maximum absolute atomic E-state index is 5.99. The number of nitrogens with zero attached hydrogens (tertiary/aromatic N) is 2. The molecule has 0 aliphatic heterocycles. The Morgan fingerprint density at radius 1 is 1.12 bits per heavy atom. The predicted molar refractivity (Wildman–Crippen MR) is 71.3 cm³/mol. The molecule has 1 aromatic heterocycles. The summed E-state index contributed by atoms with van der Waals surface area (Å²) >= 11 is 5.99. The van der Waals surface area contributed by atoms with E-state index in [-0.39, 0.29) is 0 Å². The van der Waals surface area contributed by atoms with Crippen molar-refractivity contribution in [1.82, 2.24) is 9.97 Å². The van der Waals surface area contributed by atoms with Crippen LogP contribution in [0.15, 0.2) is 30.5 Å². The van der Waals surface area contributed by atoms with Crippen molar-refractivity contribution in [1.29, 1.82) is 0 Å². The van der Waals surface area contributed by atoms with Gasteiger partial charge in [0.25, 0.3) is 0 Å². The normalized spacial score (nSPS) is 10.9. The summed E-state index contributed by atoms with van der Waals surface area (Å²) in [6.45, 7) is 6.25. The number of aromatic nitrogens is 2. The van der Waals surface area contributed by atoms with Crippen LogP contribution in [0, 0.1) is 6.92 Å². The lowest BCUT2D eigenvalue weighted by Crippen LogP contribution is -1.92. The van der Waals surface area contributed by atoms with Gasteiger partial charge >= 0.3 is 0 Å². The van der Waals surface area contributed by atoms with Crippen molar-refractivity contribution >= 4 is 11.6 Å². The van der Waals surface area contributed by atoms with E-state index in [0.717, 1.165) is 11.1 Å². The van der Waals surface area contributed by atoms with Crippen LogP contribution in [0.3, 0.4) is 0 Å². The van der Waals surface area contributed by atoms with Crippen LogP contribution in [0.25, 0.3) is 11.4 Å². The van der Waals surface area contributed by atoms with Gasteiger partial charge in [-0.15, -0.1) is 0 Å². The van der Waals surface area contributed by atoms with Crippen LogP contribution >= 0.6 is 11.6 Å². The molecule has 1 aromatic carbocycles. The second-order valence-corrected chi connectivity index (χ2v) is 4.80. The summed E-state index contributed by atoms with van der Waals surface area (Å²) in [5.74, 6) is 1.21. The van der Waals surface area contributed by atoms with Gasteiger partial charge in [-0.2, -0.15) is 0 Å². The van der Waals surface area contributed by atoms with E-state index >= 15 is 0 Å². The molecule has 2 rings (SSSR count). The molecular weight excluding hydrogens is 232 g/mol. The summed E-state index contributed by atoms with van der Waals surface area (Å²) in [7, 11) is 0. The Morgan fingerprint density at radius 3 is 2.29 bits per heavy atom. The third-order valence-electron chi connectivity index (χ3n) is 2.75. The zero-order valence-electron chi connectivity index (χ0n) is 10.2. The SMILES string of the molecule is Cc1cnc(-c2ccc(C(C)C)cc2)nc1Cl. The molecule has 0 aliphatic rings. The maximum atomic E-state index is 5.99. The Labute approximate surface area is 107 Å². The van der Waals surface area contributed by atoms with Gasteiger partial charge in [-0.05, 0) is 18.4 Å². The Balaban J connectivity index is 2.36. The Bertz CT molecular complexity index is 518. The van der Waals surface area contributed by atoms with Gasteiger partial charge in [0, 0.05) is 17.3 Å². The number of halogens is 1. The number of rotatable bonds is 2. The minimum atomic E-state index is 0.517. The van der Waals surface area contributed by atoms with E-state index in [0.29, 0.717) is 16.9 Å². The first-order valence-corrected chi connectivity index (χ1v) is 6.05. The maximum Gasteiger partial charge on any atom is 0.160 e. The molecule has 0 radical (unpaired) electrons. The van der Waals surface area contributed by atoms with E-state index in [1.54, 1.807) is 6.20 Å². The van der Waals surface area contributed by atoms with Gasteiger partial charge in [0.2, 0.25) is 0 Å². The molecule has 2 aromatic rings. The molecule has 0 unspecified atom stereocenters. The van der Waals surface area contributed by atoms with Crippen molar-refractivity contribution in [3.63, 3.8) is 0 Å². The molecule has 0 amide bonds. The largest absolute Gasteiger partial charge is 0.236 e. The van der Waals surface area contributed by atoms with Gasteiger partial charge in [-0.1, -0.05) is 49.7 Å². The van der Waals surface area contributed by atoms with Gasteiger partial charge < -0.3 is 0 Å². The van der Waals surface area contributed by atoms with Crippen LogP contribution in [-0.2, 0) is 0 Å². The Kier molecular flexibility index (Phi) is 3.43. The Hall–Kier alpha value is -1.41. The smallest absolute Gasteiger partial charge is 0.160 e. The fraction of sp³-hybridized carbons (Fsp3) is 0.286. The summed E-state index contributed by atoms with van der Waals surface area (Å²) in [6.07, 6.45) is 1.75. The first-order chi connectivity index (χ1) is 8.08. The van der Waals surface area contributed by atoms with Crippen LogP contribution in [-0.4, -0.2) is 9.97 Å². The highest BCUT2D eigenvalue weighted by Gasteiger charge is 2.05. The summed E-state index contributed by atoms with van der Waals surface area (Å²) in [5.41, 5.74) is 3.21. The fourth-order valence-corrected chi connectivity index (χ4v) is 1.71. The molecule has 0 saturated carbocycles. The molecule has 0 bridgehead atoms. The highest BCUT2D eigenvalue weighted by atomic mass is 35.5. The number of hydrogen-bond donors (Lipinski definition) is 0. The minimum absolute atomic E-state index is 0.517. The van der Waals surface area contributed by atoms with Gasteiger partial charge in [0.15, 0.2) is 5.82 Å². The topological polar surface area (TPSA) is 25.8 Å². The molecule has 0 saturated heterocycles. The van der Waals surface area contributed by atoms with E-state index in [4.69, 9.17) is 11.6 Å². The molecule has 3 heteroatoms. The summed E-state index contributed by atoms with van der Waals surface area (Å²) < 4.78 is 0. The molecule has 0 spiro atoms. The lowest BCUT2D eigenvalue weighted by atomic mass is 10.0. The summed E-state index contributed by atoms with van der Waals surface area (Å²) in [4.78, 5) is 8.56. The van der Waals surface area contributed by atoms with Gasteiger partial charge in [-0.25, -0.2) is 9.97 Å². The average Bonchev–Trinajstić information content (AvgIpc) is 2.33. The monoisotopic (exact) mass is 246 g/mol. The predicted octanol–water partition coefficient (Wildman–Crippen LogP) is 4.23. The molecule has 1 heterocycles. The first kappa shape index (κ1) is 12.1. The molecule has 2 nitrogen and oxygen atoms in total. The lowest BCUT2D eigenvalue weighted by molar-refractivity contribution is 0.867. The highest BCUT2D eigenvalue weighted by molar-refractivity contribution is 6.30. The van der Waals surface area contributed by atoms with E-state index < -0.39 is 0 Å². The van der Waals surface area contributed by atoms with E-state index in [1.165, 1.54) is 5.56 Å². The van der Waals surface area contributed by atoms with Gasteiger partial charge in [-0.3, -0.25) is 0 Å². The molecule has 0 atom stereocenters. The molecule has 17 heavy (non-hydrogen) atoms. The molecule has 0 N–H and O–H groups in total. The second-order valence-electron chi connectivity index (χ2n) is 4.44. The zero-order valence-corrected chi connectivity index (χ0v) is 11.0. The summed E-state index contributed by atoms with van der Waals surface area (Å²) in [6, 6.07) is 8.29. The third kappa shape index (κ3) is 2.64. The zero-order chi connectivity index (χ0) is 12.4. The number of aryl methyl sites for hydroxylation is 1.